The van der Waals surface area contributed by atoms with E-state index in [2.05, 4.69) is 15.2 Å². The first-order valence-electron chi connectivity index (χ1n) is 8.40. The van der Waals surface area contributed by atoms with Crippen LogP contribution >= 0.6 is 23.2 Å². The first kappa shape index (κ1) is 17.6. The third-order valence-corrected chi connectivity index (χ3v) is 5.16. The van der Waals surface area contributed by atoms with Crippen LogP contribution in [-0.4, -0.2) is 34.3 Å². The molecule has 0 saturated carbocycles. The van der Waals surface area contributed by atoms with Gasteiger partial charge in [0.2, 0.25) is 0 Å². The van der Waals surface area contributed by atoms with Crippen molar-refractivity contribution in [1.82, 2.24) is 9.88 Å². The second kappa shape index (κ2) is 7.08. The van der Waals surface area contributed by atoms with Gasteiger partial charge in [0.25, 0.3) is 0 Å². The molecular weight excluding hydrogens is 376 g/mol. The summed E-state index contributed by atoms with van der Waals surface area (Å²) in [5, 5.41) is 15.3. The number of aliphatic hydroxyl groups is 1. The van der Waals surface area contributed by atoms with Crippen LogP contribution in [-0.2, 0) is 13.0 Å². The van der Waals surface area contributed by atoms with Crippen molar-refractivity contribution in [2.45, 2.75) is 19.2 Å². The van der Waals surface area contributed by atoms with Gasteiger partial charge in [-0.05, 0) is 48.4 Å². The number of aromatic amines is 1. The number of aliphatic hydroxyl groups excluding tert-OH is 1. The van der Waals surface area contributed by atoms with Crippen molar-refractivity contribution < 1.29 is 9.50 Å². The SMILES string of the molecule is OC(CN1CCc2c([nH]c3c(F)cc(Cl)cc23)C1)Nc1ccc(Cl)cc1. The Kier molecular flexibility index (Phi) is 4.80. The lowest BCUT2D eigenvalue weighted by molar-refractivity contribution is 0.124. The van der Waals surface area contributed by atoms with Gasteiger partial charge in [0, 0.05) is 46.4 Å². The number of fused-ring (bicyclic) bond motifs is 3. The Balaban J connectivity index is 1.46. The van der Waals surface area contributed by atoms with E-state index in [1.807, 2.05) is 18.2 Å². The highest BCUT2D eigenvalue weighted by Crippen LogP contribution is 2.31. The molecule has 0 spiro atoms. The number of benzene rings is 2. The van der Waals surface area contributed by atoms with Crippen LogP contribution in [0.5, 0.6) is 0 Å². The predicted molar refractivity (Wildman–Crippen MR) is 103 cm³/mol. The van der Waals surface area contributed by atoms with Gasteiger partial charge in [-0.1, -0.05) is 23.2 Å². The van der Waals surface area contributed by atoms with E-state index in [9.17, 15) is 9.50 Å². The minimum atomic E-state index is -0.715. The summed E-state index contributed by atoms with van der Waals surface area (Å²) in [6, 6.07) is 10.3. The third kappa shape index (κ3) is 3.53. The molecule has 0 saturated heterocycles. The lowest BCUT2D eigenvalue weighted by Crippen LogP contribution is -2.39. The highest BCUT2D eigenvalue weighted by atomic mass is 35.5. The lowest BCUT2D eigenvalue weighted by Gasteiger charge is -2.29. The van der Waals surface area contributed by atoms with Gasteiger partial charge in [0.15, 0.2) is 0 Å². The number of nitrogens with one attached hydrogen (secondary N) is 2. The molecule has 4 rings (SSSR count). The first-order valence-corrected chi connectivity index (χ1v) is 9.16. The zero-order valence-corrected chi connectivity index (χ0v) is 15.4. The first-order chi connectivity index (χ1) is 12.5. The number of β-amino-alcohol motifs (C(OH)–C–C–N with tert-alkyl or cyclic N) is 1. The van der Waals surface area contributed by atoms with E-state index in [1.54, 1.807) is 12.1 Å². The van der Waals surface area contributed by atoms with E-state index in [4.69, 9.17) is 23.2 Å². The summed E-state index contributed by atoms with van der Waals surface area (Å²) >= 11 is 11.9. The Hall–Kier alpha value is -1.79. The molecule has 0 bridgehead atoms. The summed E-state index contributed by atoms with van der Waals surface area (Å²) in [5.41, 5.74) is 3.40. The molecule has 2 heterocycles. The third-order valence-electron chi connectivity index (χ3n) is 4.69. The highest BCUT2D eigenvalue weighted by Gasteiger charge is 2.23. The Morgan fingerprint density at radius 3 is 2.73 bits per heavy atom. The van der Waals surface area contributed by atoms with Gasteiger partial charge in [0.1, 0.15) is 12.0 Å². The maximum atomic E-state index is 14.1. The minimum Gasteiger partial charge on any atom is -0.372 e. The zero-order chi connectivity index (χ0) is 18.3. The van der Waals surface area contributed by atoms with Crippen LogP contribution in [0.15, 0.2) is 36.4 Å². The van der Waals surface area contributed by atoms with E-state index in [-0.39, 0.29) is 5.82 Å². The van der Waals surface area contributed by atoms with Gasteiger partial charge in [-0.15, -0.1) is 0 Å². The van der Waals surface area contributed by atoms with Crippen molar-refractivity contribution in [3.63, 3.8) is 0 Å². The molecule has 1 aliphatic heterocycles. The fourth-order valence-corrected chi connectivity index (χ4v) is 3.84. The molecule has 0 aliphatic carbocycles. The van der Waals surface area contributed by atoms with Crippen LogP contribution in [0.2, 0.25) is 10.0 Å². The van der Waals surface area contributed by atoms with Crippen LogP contribution in [0.4, 0.5) is 10.1 Å². The van der Waals surface area contributed by atoms with E-state index in [0.29, 0.717) is 28.7 Å². The smallest absolute Gasteiger partial charge is 0.148 e. The number of halogens is 3. The molecule has 7 heteroatoms. The van der Waals surface area contributed by atoms with Gasteiger partial charge < -0.3 is 15.4 Å². The number of nitrogens with zero attached hydrogens (tertiary/aromatic N) is 1. The Bertz CT molecular complexity index is 942. The minimum absolute atomic E-state index is 0.335. The Labute approximate surface area is 160 Å². The summed E-state index contributed by atoms with van der Waals surface area (Å²) in [6.45, 7) is 1.87. The molecule has 2 aromatic carbocycles. The summed E-state index contributed by atoms with van der Waals surface area (Å²) in [4.78, 5) is 5.31. The zero-order valence-electron chi connectivity index (χ0n) is 13.9. The molecule has 136 valence electrons. The molecule has 0 fully saturated rings. The molecule has 0 amide bonds. The van der Waals surface area contributed by atoms with Crippen LogP contribution in [0.1, 0.15) is 11.3 Å². The summed E-state index contributed by atoms with van der Waals surface area (Å²) in [6.07, 6.45) is 0.0660. The van der Waals surface area contributed by atoms with Gasteiger partial charge in [-0.3, -0.25) is 4.90 Å². The largest absolute Gasteiger partial charge is 0.372 e. The van der Waals surface area contributed by atoms with Gasteiger partial charge in [-0.25, -0.2) is 4.39 Å². The normalized spacial score (nSPS) is 15.8. The quantitative estimate of drug-likeness (QED) is 0.575. The van der Waals surface area contributed by atoms with Crippen molar-refractivity contribution in [2.75, 3.05) is 18.4 Å². The van der Waals surface area contributed by atoms with E-state index >= 15 is 0 Å². The molecular formula is C19H18Cl2FN3O. The predicted octanol–water partition coefficient (Wildman–Crippen LogP) is 4.40. The molecule has 1 atom stereocenters. The van der Waals surface area contributed by atoms with Crippen molar-refractivity contribution in [1.29, 1.82) is 0 Å². The van der Waals surface area contributed by atoms with Gasteiger partial charge in [0.05, 0.1) is 5.52 Å². The highest BCUT2D eigenvalue weighted by molar-refractivity contribution is 6.31. The lowest BCUT2D eigenvalue weighted by atomic mass is 10.0. The van der Waals surface area contributed by atoms with Crippen molar-refractivity contribution >= 4 is 39.8 Å². The van der Waals surface area contributed by atoms with E-state index < -0.39 is 6.23 Å². The molecule has 1 aliphatic rings. The number of anilines is 1. The van der Waals surface area contributed by atoms with Crippen molar-refractivity contribution in [3.8, 4) is 0 Å². The summed E-state index contributed by atoms with van der Waals surface area (Å²) in [7, 11) is 0. The topological polar surface area (TPSA) is 51.3 Å². The number of hydrogen-bond donors (Lipinski definition) is 3. The second-order valence-corrected chi connectivity index (χ2v) is 7.42. The number of aromatic nitrogens is 1. The molecule has 4 nitrogen and oxygen atoms in total. The van der Waals surface area contributed by atoms with Crippen molar-refractivity contribution in [3.05, 3.63) is 63.5 Å². The maximum Gasteiger partial charge on any atom is 0.148 e. The molecule has 3 aromatic rings. The molecule has 0 radical (unpaired) electrons. The molecule has 1 unspecified atom stereocenters. The van der Waals surface area contributed by atoms with Crippen molar-refractivity contribution in [2.24, 2.45) is 0 Å². The van der Waals surface area contributed by atoms with Gasteiger partial charge in [-0.2, -0.15) is 0 Å². The summed E-state index contributed by atoms with van der Waals surface area (Å²) in [5.74, 6) is -0.335. The van der Waals surface area contributed by atoms with Crippen LogP contribution in [0.3, 0.4) is 0 Å². The van der Waals surface area contributed by atoms with E-state index in [1.165, 1.54) is 6.07 Å². The molecule has 26 heavy (non-hydrogen) atoms. The monoisotopic (exact) mass is 393 g/mol. The number of H-pyrrole nitrogens is 1. The fourth-order valence-electron chi connectivity index (χ4n) is 3.51. The number of hydrogen-bond acceptors (Lipinski definition) is 3. The average Bonchev–Trinajstić information content (AvgIpc) is 2.95. The standard InChI is InChI=1S/C19H18Cl2FN3O/c20-11-1-3-13(4-2-11)23-18(26)10-25-6-5-14-15-7-12(21)8-16(22)19(15)24-17(14)9-25/h1-4,7-8,18,23-24,26H,5-6,9-10H2. The fraction of sp³-hybridized carbons (Fsp3) is 0.263. The van der Waals surface area contributed by atoms with E-state index in [0.717, 1.165) is 35.3 Å². The van der Waals surface area contributed by atoms with Crippen LogP contribution in [0, 0.1) is 5.82 Å². The average molecular weight is 394 g/mol. The number of rotatable bonds is 4. The second-order valence-electron chi connectivity index (χ2n) is 6.54. The Morgan fingerprint density at radius 1 is 1.19 bits per heavy atom. The molecule has 3 N–H and O–H groups in total. The van der Waals surface area contributed by atoms with Crippen LogP contribution in [0.25, 0.3) is 10.9 Å². The molecule has 1 aromatic heterocycles. The van der Waals surface area contributed by atoms with Crippen LogP contribution < -0.4 is 5.32 Å². The Morgan fingerprint density at radius 2 is 1.96 bits per heavy atom. The maximum absolute atomic E-state index is 14.1. The summed E-state index contributed by atoms with van der Waals surface area (Å²) < 4.78 is 14.1. The van der Waals surface area contributed by atoms with Gasteiger partial charge >= 0.3 is 0 Å².